The van der Waals surface area contributed by atoms with Crippen molar-refractivity contribution in [2.24, 2.45) is 0 Å². The molecule has 2 rings (SSSR count). The smallest absolute Gasteiger partial charge is 0.426 e. The highest BCUT2D eigenvalue weighted by Gasteiger charge is 2.23. The van der Waals surface area contributed by atoms with Crippen molar-refractivity contribution in [2.45, 2.75) is 38.0 Å². The minimum atomic E-state index is -3.63. The highest BCUT2D eigenvalue weighted by atomic mass is 35.5. The maximum atomic E-state index is 12.8. The fraction of sp³-hybridized carbons (Fsp3) is 0.364. The summed E-state index contributed by atoms with van der Waals surface area (Å²) in [6.07, 6.45) is 1.03. The molecule has 0 aromatic heterocycles. The van der Waals surface area contributed by atoms with E-state index in [0.717, 1.165) is 5.56 Å². The van der Waals surface area contributed by atoms with Gasteiger partial charge in [0.2, 0.25) is 10.0 Å². The van der Waals surface area contributed by atoms with Crippen LogP contribution in [0.4, 0.5) is 4.79 Å². The van der Waals surface area contributed by atoms with Gasteiger partial charge in [-0.2, -0.15) is 4.31 Å². The van der Waals surface area contributed by atoms with E-state index >= 15 is 0 Å². The van der Waals surface area contributed by atoms with Gasteiger partial charge in [0.05, 0.1) is 11.5 Å². The van der Waals surface area contributed by atoms with Gasteiger partial charge in [-0.3, -0.25) is 10.2 Å². The molecule has 2 aromatic carbocycles. The van der Waals surface area contributed by atoms with Crippen molar-refractivity contribution in [3.05, 3.63) is 64.7 Å². The molecule has 0 radical (unpaired) electrons. The lowest BCUT2D eigenvalue weighted by Crippen LogP contribution is -2.42. The van der Waals surface area contributed by atoms with E-state index in [1.165, 1.54) is 28.6 Å². The van der Waals surface area contributed by atoms with Crippen LogP contribution in [0.5, 0.6) is 0 Å². The summed E-state index contributed by atoms with van der Waals surface area (Å²) in [5.74, 6) is -0.601. The number of nitrogens with zero attached hydrogens (tertiary/aromatic N) is 1. The molecule has 0 unspecified atom stereocenters. The lowest BCUT2D eigenvalue weighted by atomic mass is 10.2. The molecule has 0 heterocycles. The molecule has 0 spiro atoms. The molecule has 8 nitrogen and oxygen atoms in total. The number of ether oxygens (including phenoxy) is 1. The first-order chi connectivity index (χ1) is 15.3. The predicted molar refractivity (Wildman–Crippen MR) is 123 cm³/mol. The SMILES string of the molecule is CCCN(CCC)S(=O)(=O)c1ccc(C(=O)NNC(=O)OCCc2ccccc2Cl)cc1. The molecule has 32 heavy (non-hydrogen) atoms. The van der Waals surface area contributed by atoms with Crippen molar-refractivity contribution in [3.63, 3.8) is 0 Å². The zero-order valence-corrected chi connectivity index (χ0v) is 19.7. The van der Waals surface area contributed by atoms with Gasteiger partial charge in [-0.1, -0.05) is 43.6 Å². The first kappa shape index (κ1) is 25.6. The number of hydrogen-bond donors (Lipinski definition) is 2. The Labute approximate surface area is 193 Å². The van der Waals surface area contributed by atoms with E-state index in [0.29, 0.717) is 37.4 Å². The Balaban J connectivity index is 1.87. The average Bonchev–Trinajstić information content (AvgIpc) is 2.78. The van der Waals surface area contributed by atoms with E-state index in [2.05, 4.69) is 10.9 Å². The van der Waals surface area contributed by atoms with Crippen LogP contribution in [0.25, 0.3) is 0 Å². The molecule has 2 aromatic rings. The second-order valence-electron chi connectivity index (χ2n) is 6.98. The van der Waals surface area contributed by atoms with Crippen LogP contribution in [0.1, 0.15) is 42.6 Å². The number of nitrogens with one attached hydrogen (secondary N) is 2. The summed E-state index contributed by atoms with van der Waals surface area (Å²) < 4.78 is 32.0. The third-order valence-corrected chi connectivity index (χ3v) is 6.82. The van der Waals surface area contributed by atoms with Crippen LogP contribution in [0.2, 0.25) is 5.02 Å². The van der Waals surface area contributed by atoms with Crippen molar-refractivity contribution < 1.29 is 22.7 Å². The van der Waals surface area contributed by atoms with Crippen molar-refractivity contribution in [2.75, 3.05) is 19.7 Å². The second kappa shape index (κ2) is 12.4. The van der Waals surface area contributed by atoms with Gasteiger partial charge in [0.15, 0.2) is 0 Å². The van der Waals surface area contributed by atoms with E-state index in [1.807, 2.05) is 32.0 Å². The predicted octanol–water partition coefficient (Wildman–Crippen LogP) is 3.76. The maximum Gasteiger partial charge on any atom is 0.426 e. The number of hydrogen-bond acceptors (Lipinski definition) is 5. The molecular weight excluding hydrogens is 454 g/mol. The average molecular weight is 482 g/mol. The van der Waals surface area contributed by atoms with Gasteiger partial charge < -0.3 is 4.74 Å². The van der Waals surface area contributed by atoms with Crippen LogP contribution in [0, 0.1) is 0 Å². The highest BCUT2D eigenvalue weighted by Crippen LogP contribution is 2.17. The van der Waals surface area contributed by atoms with Crippen LogP contribution in [-0.2, 0) is 21.2 Å². The van der Waals surface area contributed by atoms with Crippen molar-refractivity contribution in [1.82, 2.24) is 15.2 Å². The number of halogens is 1. The lowest BCUT2D eigenvalue weighted by molar-refractivity contribution is 0.0910. The zero-order chi connectivity index (χ0) is 23.6. The molecule has 10 heteroatoms. The van der Waals surface area contributed by atoms with Gasteiger partial charge in [-0.15, -0.1) is 0 Å². The first-order valence-electron chi connectivity index (χ1n) is 10.4. The monoisotopic (exact) mass is 481 g/mol. The summed E-state index contributed by atoms with van der Waals surface area (Å²) in [7, 11) is -3.63. The molecule has 174 valence electrons. The summed E-state index contributed by atoms with van der Waals surface area (Å²) in [5, 5.41) is 0.586. The molecule has 0 aliphatic heterocycles. The Morgan fingerprint density at radius 1 is 0.969 bits per heavy atom. The molecule has 0 aliphatic rings. The summed E-state index contributed by atoms with van der Waals surface area (Å²) in [6.45, 7) is 4.78. The van der Waals surface area contributed by atoms with E-state index < -0.39 is 22.0 Å². The van der Waals surface area contributed by atoms with Crippen molar-refractivity contribution in [1.29, 1.82) is 0 Å². The Morgan fingerprint density at radius 2 is 1.59 bits per heavy atom. The van der Waals surface area contributed by atoms with Crippen LogP contribution in [0.15, 0.2) is 53.4 Å². The third kappa shape index (κ3) is 7.22. The molecule has 0 aliphatic carbocycles. The quantitative estimate of drug-likeness (QED) is 0.502. The molecule has 0 fully saturated rings. The van der Waals surface area contributed by atoms with Gasteiger partial charge in [0.1, 0.15) is 0 Å². The molecule has 0 saturated carbocycles. The molecular formula is C22H28ClN3O5S. The van der Waals surface area contributed by atoms with Gasteiger partial charge in [0, 0.05) is 30.1 Å². The first-order valence-corrected chi connectivity index (χ1v) is 12.2. The van der Waals surface area contributed by atoms with Gasteiger partial charge in [-0.25, -0.2) is 18.6 Å². The topological polar surface area (TPSA) is 105 Å². The maximum absolute atomic E-state index is 12.8. The van der Waals surface area contributed by atoms with Gasteiger partial charge in [-0.05, 0) is 48.7 Å². The molecule has 2 N–H and O–H groups in total. The summed E-state index contributed by atoms with van der Waals surface area (Å²) in [4.78, 5) is 24.1. The fourth-order valence-corrected chi connectivity index (χ4v) is 4.80. The van der Waals surface area contributed by atoms with E-state index in [-0.39, 0.29) is 17.1 Å². The highest BCUT2D eigenvalue weighted by molar-refractivity contribution is 7.89. The third-order valence-electron chi connectivity index (χ3n) is 4.54. The van der Waals surface area contributed by atoms with Crippen LogP contribution in [0.3, 0.4) is 0 Å². The standard InChI is InChI=1S/C22H28ClN3O5S/c1-3-14-26(15-4-2)32(29,30)19-11-9-18(10-12-19)21(27)24-25-22(28)31-16-13-17-7-5-6-8-20(17)23/h5-12H,3-4,13-16H2,1-2H3,(H,24,27)(H,25,28). The number of benzene rings is 2. The van der Waals surface area contributed by atoms with E-state index in [4.69, 9.17) is 16.3 Å². The largest absolute Gasteiger partial charge is 0.448 e. The number of sulfonamides is 1. The number of hydrazine groups is 1. The Kier molecular flexibility index (Phi) is 9.96. The lowest BCUT2D eigenvalue weighted by Gasteiger charge is -2.21. The van der Waals surface area contributed by atoms with Crippen LogP contribution < -0.4 is 10.9 Å². The summed E-state index contributed by atoms with van der Waals surface area (Å²) >= 11 is 6.04. The van der Waals surface area contributed by atoms with Gasteiger partial charge >= 0.3 is 6.09 Å². The molecule has 0 saturated heterocycles. The van der Waals surface area contributed by atoms with Gasteiger partial charge in [0.25, 0.3) is 5.91 Å². The Hall–Kier alpha value is -2.62. The van der Waals surface area contributed by atoms with Crippen molar-refractivity contribution >= 4 is 33.6 Å². The minimum absolute atomic E-state index is 0.0873. The van der Waals surface area contributed by atoms with E-state index in [1.54, 1.807) is 6.07 Å². The Morgan fingerprint density at radius 3 is 2.19 bits per heavy atom. The number of carbonyl (C=O) groups excluding carboxylic acids is 2. The molecule has 0 atom stereocenters. The number of amides is 2. The van der Waals surface area contributed by atoms with E-state index in [9.17, 15) is 18.0 Å². The minimum Gasteiger partial charge on any atom is -0.448 e. The normalized spacial score (nSPS) is 11.2. The summed E-state index contributed by atoms with van der Waals surface area (Å²) in [5.41, 5.74) is 5.43. The van der Waals surface area contributed by atoms with Crippen molar-refractivity contribution in [3.8, 4) is 0 Å². The zero-order valence-electron chi connectivity index (χ0n) is 18.1. The van der Waals surface area contributed by atoms with Crippen LogP contribution in [-0.4, -0.2) is 44.4 Å². The Bertz CT molecular complexity index is 1010. The molecule has 2 amide bonds. The number of carbonyl (C=O) groups is 2. The second-order valence-corrected chi connectivity index (χ2v) is 9.33. The molecule has 0 bridgehead atoms. The number of rotatable bonds is 10. The summed E-state index contributed by atoms with van der Waals surface area (Å²) in [6, 6.07) is 12.8. The van der Waals surface area contributed by atoms with Crippen LogP contribution >= 0.6 is 11.6 Å². The fourth-order valence-electron chi connectivity index (χ4n) is 2.95.